The molecule has 1 amide bonds. The van der Waals surface area contributed by atoms with Crippen LogP contribution in [0, 0.1) is 5.82 Å². The van der Waals surface area contributed by atoms with E-state index in [1.54, 1.807) is 24.3 Å². The second-order valence-corrected chi connectivity index (χ2v) is 7.87. The Balaban J connectivity index is 1.95. The number of ether oxygens (including phenoxy) is 1. The van der Waals surface area contributed by atoms with Crippen LogP contribution in [-0.4, -0.2) is 23.9 Å². The minimum absolute atomic E-state index is 0.150. The first-order valence-electron chi connectivity index (χ1n) is 9.47. The van der Waals surface area contributed by atoms with Gasteiger partial charge in [-0.15, -0.1) is 0 Å². The van der Waals surface area contributed by atoms with Crippen molar-refractivity contribution in [1.82, 2.24) is 0 Å². The van der Waals surface area contributed by atoms with Crippen LogP contribution in [0.15, 0.2) is 72.3 Å². The first-order valence-corrected chi connectivity index (χ1v) is 10.2. The number of amides is 1. The number of aliphatic hydroxyl groups is 1. The topological polar surface area (TPSA) is 66.8 Å². The maximum Gasteiger partial charge on any atom is 0.300 e. The largest absolute Gasteiger partial charge is 0.507 e. The molecule has 1 N–H and O–H groups in total. The lowest BCUT2D eigenvalue weighted by Gasteiger charge is -2.25. The Morgan fingerprint density at radius 3 is 2.34 bits per heavy atom. The fourth-order valence-corrected chi connectivity index (χ4v) is 3.92. The number of aliphatic hydroxyl groups excluding tert-OH is 1. The zero-order chi connectivity index (χ0) is 23.0. The smallest absolute Gasteiger partial charge is 0.300 e. The van der Waals surface area contributed by atoms with E-state index in [1.165, 1.54) is 43.5 Å². The molecule has 1 atom stereocenters. The van der Waals surface area contributed by atoms with E-state index in [9.17, 15) is 19.1 Å². The number of anilines is 1. The molecule has 3 aromatic rings. The van der Waals surface area contributed by atoms with E-state index < -0.39 is 29.3 Å². The van der Waals surface area contributed by atoms with Gasteiger partial charge in [0.2, 0.25) is 0 Å². The molecule has 3 aromatic carbocycles. The molecule has 1 unspecified atom stereocenters. The van der Waals surface area contributed by atoms with Gasteiger partial charge in [0.1, 0.15) is 17.3 Å². The monoisotopic (exact) mass is 471 g/mol. The van der Waals surface area contributed by atoms with Gasteiger partial charge in [-0.1, -0.05) is 41.4 Å². The molecule has 0 aromatic heterocycles. The van der Waals surface area contributed by atoms with Crippen molar-refractivity contribution in [3.63, 3.8) is 0 Å². The van der Waals surface area contributed by atoms with Gasteiger partial charge in [-0.05, 0) is 54.1 Å². The van der Waals surface area contributed by atoms with Gasteiger partial charge in [-0.3, -0.25) is 14.5 Å². The molecule has 0 radical (unpaired) electrons. The molecule has 32 heavy (non-hydrogen) atoms. The lowest BCUT2D eigenvalue weighted by atomic mass is 9.95. The van der Waals surface area contributed by atoms with Crippen molar-refractivity contribution in [1.29, 1.82) is 0 Å². The zero-order valence-corrected chi connectivity index (χ0v) is 18.2. The number of hydrogen-bond donors (Lipinski definition) is 1. The van der Waals surface area contributed by atoms with Gasteiger partial charge >= 0.3 is 0 Å². The number of benzene rings is 3. The summed E-state index contributed by atoms with van der Waals surface area (Å²) in [5, 5.41) is 11.5. The summed E-state index contributed by atoms with van der Waals surface area (Å²) in [5.74, 6) is -2.21. The molecule has 1 saturated heterocycles. The average molecular weight is 472 g/mol. The van der Waals surface area contributed by atoms with Crippen LogP contribution in [0.1, 0.15) is 17.2 Å². The van der Waals surface area contributed by atoms with Crippen LogP contribution in [0.3, 0.4) is 0 Å². The second kappa shape index (κ2) is 8.65. The molecule has 162 valence electrons. The minimum Gasteiger partial charge on any atom is -0.507 e. The molecule has 0 aliphatic carbocycles. The highest BCUT2D eigenvalue weighted by atomic mass is 35.5. The first-order chi connectivity index (χ1) is 15.3. The van der Waals surface area contributed by atoms with E-state index in [2.05, 4.69) is 0 Å². The summed E-state index contributed by atoms with van der Waals surface area (Å²) in [4.78, 5) is 27.3. The predicted octanol–water partition coefficient (Wildman–Crippen LogP) is 5.77. The Morgan fingerprint density at radius 1 is 1.00 bits per heavy atom. The third kappa shape index (κ3) is 3.83. The van der Waals surface area contributed by atoms with E-state index in [4.69, 9.17) is 27.9 Å². The molecular weight excluding hydrogens is 456 g/mol. The fourth-order valence-electron chi connectivity index (χ4n) is 3.63. The summed E-state index contributed by atoms with van der Waals surface area (Å²) in [5.41, 5.74) is 0.773. The van der Waals surface area contributed by atoms with Crippen LogP contribution in [0.4, 0.5) is 10.1 Å². The molecule has 1 aliphatic heterocycles. The molecule has 1 fully saturated rings. The number of methoxy groups -OCH3 is 1. The Kier molecular flexibility index (Phi) is 5.91. The standard InChI is InChI=1S/C24H16Cl2FNO4/c1-32-17-8-5-13(6-9-17)21-20(22(29)14-7-10-18(25)19(26)11-14)23(30)24(31)28(21)16-4-2-3-15(27)12-16/h2-12,21,29H,1H3/b22-20+. The summed E-state index contributed by atoms with van der Waals surface area (Å²) < 4.78 is 19.1. The van der Waals surface area contributed by atoms with Crippen molar-refractivity contribution < 1.29 is 23.8 Å². The van der Waals surface area contributed by atoms with Gasteiger partial charge in [0.25, 0.3) is 11.7 Å². The Hall–Kier alpha value is -3.35. The normalized spacial score (nSPS) is 17.6. The number of Topliss-reactive ketones (excluding diaryl/α,β-unsaturated/α-hetero) is 1. The van der Waals surface area contributed by atoms with Crippen molar-refractivity contribution in [2.75, 3.05) is 12.0 Å². The Labute approximate surface area is 193 Å². The predicted molar refractivity (Wildman–Crippen MR) is 121 cm³/mol. The Bertz CT molecular complexity index is 1260. The van der Waals surface area contributed by atoms with Crippen LogP contribution in [0.25, 0.3) is 5.76 Å². The van der Waals surface area contributed by atoms with E-state index in [-0.39, 0.29) is 26.9 Å². The number of halogens is 3. The van der Waals surface area contributed by atoms with E-state index >= 15 is 0 Å². The summed E-state index contributed by atoms with van der Waals surface area (Å²) in [6.07, 6.45) is 0. The van der Waals surface area contributed by atoms with Crippen LogP contribution in [-0.2, 0) is 9.59 Å². The second-order valence-electron chi connectivity index (χ2n) is 7.05. The first kappa shape index (κ1) is 21.9. The van der Waals surface area contributed by atoms with Crippen molar-refractivity contribution in [3.05, 3.63) is 99.3 Å². The highest BCUT2D eigenvalue weighted by Crippen LogP contribution is 2.43. The average Bonchev–Trinajstić information content (AvgIpc) is 3.06. The van der Waals surface area contributed by atoms with E-state index in [0.717, 1.165) is 11.0 Å². The summed E-state index contributed by atoms with van der Waals surface area (Å²) >= 11 is 12.0. The van der Waals surface area contributed by atoms with Crippen molar-refractivity contribution in [3.8, 4) is 5.75 Å². The van der Waals surface area contributed by atoms with E-state index in [0.29, 0.717) is 11.3 Å². The van der Waals surface area contributed by atoms with Gasteiger partial charge in [0, 0.05) is 11.3 Å². The molecule has 1 heterocycles. The quantitative estimate of drug-likeness (QED) is 0.298. The molecule has 1 aliphatic rings. The molecular formula is C24H16Cl2FNO4. The highest BCUT2D eigenvalue weighted by molar-refractivity contribution is 6.51. The zero-order valence-electron chi connectivity index (χ0n) is 16.7. The van der Waals surface area contributed by atoms with Gasteiger partial charge in [-0.2, -0.15) is 0 Å². The molecule has 4 rings (SSSR count). The third-order valence-corrected chi connectivity index (χ3v) is 5.89. The molecule has 0 spiro atoms. The third-order valence-electron chi connectivity index (χ3n) is 5.16. The van der Waals surface area contributed by atoms with Gasteiger partial charge in [0.05, 0.1) is 28.8 Å². The van der Waals surface area contributed by atoms with Crippen molar-refractivity contribution in [2.45, 2.75) is 6.04 Å². The van der Waals surface area contributed by atoms with E-state index in [1.807, 2.05) is 0 Å². The van der Waals surface area contributed by atoms with Crippen LogP contribution in [0.5, 0.6) is 5.75 Å². The molecule has 8 heteroatoms. The Morgan fingerprint density at radius 2 is 1.72 bits per heavy atom. The van der Waals surface area contributed by atoms with Crippen LogP contribution in [0.2, 0.25) is 10.0 Å². The fraction of sp³-hybridized carbons (Fsp3) is 0.0833. The van der Waals surface area contributed by atoms with Crippen molar-refractivity contribution in [2.24, 2.45) is 0 Å². The maximum absolute atomic E-state index is 13.9. The number of rotatable bonds is 4. The lowest BCUT2D eigenvalue weighted by molar-refractivity contribution is -0.132. The number of nitrogens with zero attached hydrogens (tertiary/aromatic N) is 1. The number of ketones is 1. The molecule has 5 nitrogen and oxygen atoms in total. The summed E-state index contributed by atoms with van der Waals surface area (Å²) in [7, 11) is 1.51. The number of hydrogen-bond acceptors (Lipinski definition) is 4. The van der Waals surface area contributed by atoms with Gasteiger partial charge in [-0.25, -0.2) is 4.39 Å². The summed E-state index contributed by atoms with van der Waals surface area (Å²) in [6, 6.07) is 15.4. The van der Waals surface area contributed by atoms with Crippen LogP contribution < -0.4 is 9.64 Å². The summed E-state index contributed by atoms with van der Waals surface area (Å²) in [6.45, 7) is 0. The number of carbonyl (C=O) groups excluding carboxylic acids is 2. The lowest BCUT2D eigenvalue weighted by Crippen LogP contribution is -2.29. The molecule has 0 saturated carbocycles. The maximum atomic E-state index is 13.9. The highest BCUT2D eigenvalue weighted by Gasteiger charge is 2.47. The minimum atomic E-state index is -1.00. The van der Waals surface area contributed by atoms with Crippen LogP contribution >= 0.6 is 23.2 Å². The van der Waals surface area contributed by atoms with Gasteiger partial charge in [0.15, 0.2) is 0 Å². The van der Waals surface area contributed by atoms with Gasteiger partial charge < -0.3 is 9.84 Å². The van der Waals surface area contributed by atoms with Crippen molar-refractivity contribution >= 4 is 46.3 Å². The number of carbonyl (C=O) groups is 2. The molecule has 0 bridgehead atoms. The SMILES string of the molecule is COc1ccc(C2/C(=C(\O)c3ccc(Cl)c(Cl)c3)C(=O)C(=O)N2c2cccc(F)c2)cc1.